The van der Waals surface area contributed by atoms with Gasteiger partial charge in [-0.15, -0.1) is 0 Å². The van der Waals surface area contributed by atoms with Crippen molar-refractivity contribution in [2.24, 2.45) is 5.73 Å². The first kappa shape index (κ1) is 14.7. The van der Waals surface area contributed by atoms with Gasteiger partial charge < -0.3 is 5.73 Å². The van der Waals surface area contributed by atoms with Gasteiger partial charge in [-0.25, -0.2) is 4.39 Å². The maximum atomic E-state index is 13.9. The lowest BCUT2D eigenvalue weighted by atomic mass is 10.0. The number of hydrogen-bond acceptors (Lipinski definition) is 3. The average molecular weight is 304 g/mol. The van der Waals surface area contributed by atoms with Gasteiger partial charge in [-0.3, -0.25) is 4.90 Å². The fourth-order valence-corrected chi connectivity index (χ4v) is 3.43. The van der Waals surface area contributed by atoms with E-state index in [9.17, 15) is 4.39 Å². The molecule has 2 aromatic rings. The lowest BCUT2D eigenvalue weighted by molar-refractivity contribution is 0.182. The van der Waals surface area contributed by atoms with E-state index in [0.29, 0.717) is 18.2 Å². The summed E-state index contributed by atoms with van der Waals surface area (Å²) < 4.78 is 13.9. The lowest BCUT2D eigenvalue weighted by Crippen LogP contribution is -2.35. The third kappa shape index (κ3) is 3.34. The molecule has 4 heteroatoms. The van der Waals surface area contributed by atoms with E-state index in [0.717, 1.165) is 12.1 Å². The summed E-state index contributed by atoms with van der Waals surface area (Å²) in [6, 6.07) is 8.34. The number of benzene rings is 1. The molecule has 0 saturated heterocycles. The maximum absolute atomic E-state index is 13.9. The predicted molar refractivity (Wildman–Crippen MR) is 85.8 cm³/mol. The van der Waals surface area contributed by atoms with Gasteiger partial charge in [0, 0.05) is 25.2 Å². The summed E-state index contributed by atoms with van der Waals surface area (Å²) in [7, 11) is 0. The fraction of sp³-hybridized carbons (Fsp3) is 0.412. The van der Waals surface area contributed by atoms with Crippen LogP contribution in [0.25, 0.3) is 0 Å². The molecule has 1 aromatic heterocycles. The van der Waals surface area contributed by atoms with Gasteiger partial charge in [-0.1, -0.05) is 12.1 Å². The van der Waals surface area contributed by atoms with Crippen molar-refractivity contribution in [3.63, 3.8) is 0 Å². The van der Waals surface area contributed by atoms with Crippen LogP contribution < -0.4 is 5.73 Å². The molecule has 1 fully saturated rings. The summed E-state index contributed by atoms with van der Waals surface area (Å²) in [5.74, 6) is -0.141. The third-order valence-electron chi connectivity index (χ3n) is 4.17. The van der Waals surface area contributed by atoms with Crippen LogP contribution in [-0.4, -0.2) is 17.5 Å². The normalized spacial score (nSPS) is 16.4. The van der Waals surface area contributed by atoms with Gasteiger partial charge in [-0.2, -0.15) is 11.3 Å². The molecule has 0 amide bonds. The minimum absolute atomic E-state index is 0.0903. The number of hydrogen-bond donors (Lipinski definition) is 1. The Kier molecular flexibility index (Phi) is 4.38. The molecule has 1 aliphatic rings. The highest BCUT2D eigenvalue weighted by atomic mass is 32.1. The van der Waals surface area contributed by atoms with Gasteiger partial charge in [0.05, 0.1) is 0 Å². The van der Waals surface area contributed by atoms with E-state index in [1.54, 1.807) is 24.3 Å². The lowest BCUT2D eigenvalue weighted by Gasteiger charge is -2.31. The minimum atomic E-state index is -0.141. The quantitative estimate of drug-likeness (QED) is 0.878. The minimum Gasteiger partial charge on any atom is -0.329 e. The summed E-state index contributed by atoms with van der Waals surface area (Å²) in [5.41, 5.74) is 9.02. The van der Waals surface area contributed by atoms with Crippen LogP contribution >= 0.6 is 11.3 Å². The first-order valence-electron chi connectivity index (χ1n) is 7.42. The Balaban J connectivity index is 1.86. The zero-order chi connectivity index (χ0) is 14.8. The summed E-state index contributed by atoms with van der Waals surface area (Å²) in [5, 5.41) is 4.28. The van der Waals surface area contributed by atoms with Crippen LogP contribution in [0.15, 0.2) is 35.0 Å². The third-order valence-corrected chi connectivity index (χ3v) is 4.90. The number of aryl methyl sites for hydroxylation is 1. The number of nitrogens with two attached hydrogens (primary N) is 1. The van der Waals surface area contributed by atoms with E-state index in [4.69, 9.17) is 5.73 Å². The molecular formula is C17H21FN2S. The highest BCUT2D eigenvalue weighted by Crippen LogP contribution is 2.36. The van der Waals surface area contributed by atoms with E-state index in [-0.39, 0.29) is 11.9 Å². The molecule has 2 nitrogen and oxygen atoms in total. The molecule has 2 N–H and O–H groups in total. The predicted octanol–water partition coefficient (Wildman–Crippen LogP) is 3.86. The van der Waals surface area contributed by atoms with Crippen molar-refractivity contribution in [1.82, 2.24) is 4.90 Å². The van der Waals surface area contributed by atoms with Crippen LogP contribution in [0.5, 0.6) is 0 Å². The molecule has 1 aliphatic carbocycles. The number of rotatable bonds is 6. The molecule has 1 atom stereocenters. The second-order valence-electron chi connectivity index (χ2n) is 5.80. The van der Waals surface area contributed by atoms with Crippen LogP contribution in [0, 0.1) is 12.7 Å². The van der Waals surface area contributed by atoms with Gasteiger partial charge in [0.15, 0.2) is 0 Å². The fourth-order valence-electron chi connectivity index (χ4n) is 2.77. The summed E-state index contributed by atoms with van der Waals surface area (Å²) in [6.07, 6.45) is 2.43. The Morgan fingerprint density at radius 3 is 2.76 bits per heavy atom. The molecule has 1 unspecified atom stereocenters. The largest absolute Gasteiger partial charge is 0.329 e. The van der Waals surface area contributed by atoms with Crippen molar-refractivity contribution in [2.45, 2.75) is 38.4 Å². The Morgan fingerprint density at radius 2 is 2.19 bits per heavy atom. The Labute approximate surface area is 129 Å². The zero-order valence-corrected chi connectivity index (χ0v) is 13.1. The molecule has 21 heavy (non-hydrogen) atoms. The molecule has 0 radical (unpaired) electrons. The van der Waals surface area contributed by atoms with Crippen LogP contribution in [0.3, 0.4) is 0 Å². The van der Waals surface area contributed by atoms with Crippen molar-refractivity contribution in [3.05, 3.63) is 57.5 Å². The first-order valence-corrected chi connectivity index (χ1v) is 8.36. The van der Waals surface area contributed by atoms with Crippen molar-refractivity contribution >= 4 is 11.3 Å². The summed E-state index contributed by atoms with van der Waals surface area (Å²) in [6.45, 7) is 3.20. The summed E-state index contributed by atoms with van der Waals surface area (Å²) >= 11 is 1.72. The molecule has 1 aromatic carbocycles. The topological polar surface area (TPSA) is 29.3 Å². The van der Waals surface area contributed by atoms with Crippen molar-refractivity contribution in [2.75, 3.05) is 6.54 Å². The molecule has 0 spiro atoms. The zero-order valence-electron chi connectivity index (χ0n) is 12.3. The standard InChI is InChI=1S/C17H21FN2S/c1-12-2-3-14(8-16(12)18)17(9-19)20(15-4-5-15)10-13-6-7-21-11-13/h2-3,6-8,11,15,17H,4-5,9-10,19H2,1H3. The van der Waals surface area contributed by atoms with E-state index in [1.807, 2.05) is 12.1 Å². The van der Waals surface area contributed by atoms with E-state index in [2.05, 4.69) is 21.7 Å². The van der Waals surface area contributed by atoms with E-state index in [1.165, 1.54) is 18.4 Å². The highest BCUT2D eigenvalue weighted by molar-refractivity contribution is 7.07. The molecule has 3 rings (SSSR count). The van der Waals surface area contributed by atoms with Crippen LogP contribution in [0.1, 0.15) is 35.6 Å². The van der Waals surface area contributed by atoms with Crippen molar-refractivity contribution in [1.29, 1.82) is 0 Å². The van der Waals surface area contributed by atoms with Crippen molar-refractivity contribution < 1.29 is 4.39 Å². The van der Waals surface area contributed by atoms with E-state index >= 15 is 0 Å². The van der Waals surface area contributed by atoms with Gasteiger partial charge in [0.2, 0.25) is 0 Å². The number of halogens is 1. The molecular weight excluding hydrogens is 283 g/mol. The van der Waals surface area contributed by atoms with Gasteiger partial charge in [-0.05, 0) is 59.3 Å². The van der Waals surface area contributed by atoms with Gasteiger partial charge >= 0.3 is 0 Å². The molecule has 1 saturated carbocycles. The average Bonchev–Trinajstić information content (AvgIpc) is 3.20. The molecule has 112 valence electrons. The Bertz CT molecular complexity index is 593. The Hall–Kier alpha value is -1.23. The monoisotopic (exact) mass is 304 g/mol. The van der Waals surface area contributed by atoms with Crippen molar-refractivity contribution in [3.8, 4) is 0 Å². The number of thiophene rings is 1. The van der Waals surface area contributed by atoms with Gasteiger partial charge in [0.25, 0.3) is 0 Å². The second-order valence-corrected chi connectivity index (χ2v) is 6.58. The van der Waals surface area contributed by atoms with Gasteiger partial charge in [0.1, 0.15) is 5.82 Å². The summed E-state index contributed by atoms with van der Waals surface area (Å²) in [4.78, 5) is 2.44. The van der Waals surface area contributed by atoms with Crippen LogP contribution in [0.2, 0.25) is 0 Å². The second kappa shape index (κ2) is 6.26. The SMILES string of the molecule is Cc1ccc(C(CN)N(Cc2ccsc2)C2CC2)cc1F. The molecule has 1 heterocycles. The van der Waals surface area contributed by atoms with Crippen LogP contribution in [0.4, 0.5) is 4.39 Å². The molecule has 0 bridgehead atoms. The van der Waals surface area contributed by atoms with E-state index < -0.39 is 0 Å². The Morgan fingerprint density at radius 1 is 1.38 bits per heavy atom. The first-order chi connectivity index (χ1) is 10.2. The van der Waals surface area contributed by atoms with Crippen LogP contribution in [-0.2, 0) is 6.54 Å². The maximum Gasteiger partial charge on any atom is 0.126 e. The highest BCUT2D eigenvalue weighted by Gasteiger charge is 2.34. The molecule has 0 aliphatic heterocycles. The smallest absolute Gasteiger partial charge is 0.126 e. The number of nitrogens with zero attached hydrogens (tertiary/aromatic N) is 1.